The molecule has 3 N–H and O–H groups in total. The van der Waals surface area contributed by atoms with E-state index in [9.17, 15) is 0 Å². The SMILES string of the molecule is N#CCCc1c[nH]c2ncnc(NC3CCCNC3)c12. The van der Waals surface area contributed by atoms with Gasteiger partial charge in [-0.1, -0.05) is 0 Å². The van der Waals surface area contributed by atoms with Crippen LogP contribution in [-0.2, 0) is 6.42 Å². The molecule has 104 valence electrons. The molecule has 0 amide bonds. The van der Waals surface area contributed by atoms with E-state index in [1.54, 1.807) is 6.33 Å². The lowest BCUT2D eigenvalue weighted by Gasteiger charge is -2.24. The third-order valence-corrected chi connectivity index (χ3v) is 3.70. The minimum atomic E-state index is 0.403. The summed E-state index contributed by atoms with van der Waals surface area (Å²) in [5.41, 5.74) is 1.94. The van der Waals surface area contributed by atoms with Gasteiger partial charge in [0.1, 0.15) is 17.8 Å². The monoisotopic (exact) mass is 270 g/mol. The molecule has 0 spiro atoms. The number of aryl methyl sites for hydroxylation is 1. The molecule has 0 bridgehead atoms. The molecule has 1 fully saturated rings. The normalized spacial score (nSPS) is 18.9. The molecule has 6 nitrogen and oxygen atoms in total. The molecule has 0 aromatic carbocycles. The van der Waals surface area contributed by atoms with Crippen molar-refractivity contribution in [2.24, 2.45) is 0 Å². The number of nitrogens with one attached hydrogen (secondary N) is 3. The van der Waals surface area contributed by atoms with Crippen LogP contribution < -0.4 is 10.6 Å². The van der Waals surface area contributed by atoms with E-state index in [1.807, 2.05) is 6.20 Å². The lowest BCUT2D eigenvalue weighted by Crippen LogP contribution is -2.38. The quantitative estimate of drug-likeness (QED) is 0.785. The van der Waals surface area contributed by atoms with E-state index in [0.717, 1.165) is 48.3 Å². The second kappa shape index (κ2) is 5.88. The zero-order valence-corrected chi connectivity index (χ0v) is 11.3. The van der Waals surface area contributed by atoms with E-state index in [4.69, 9.17) is 5.26 Å². The number of hydrogen-bond donors (Lipinski definition) is 3. The number of anilines is 1. The summed E-state index contributed by atoms with van der Waals surface area (Å²) in [5, 5.41) is 16.7. The van der Waals surface area contributed by atoms with Crippen molar-refractivity contribution in [2.45, 2.75) is 31.7 Å². The summed E-state index contributed by atoms with van der Waals surface area (Å²) in [4.78, 5) is 11.8. The zero-order valence-electron chi connectivity index (χ0n) is 11.3. The number of nitrogens with zero attached hydrogens (tertiary/aromatic N) is 3. The van der Waals surface area contributed by atoms with Crippen LogP contribution in [0.3, 0.4) is 0 Å². The molecule has 0 aliphatic carbocycles. The van der Waals surface area contributed by atoms with Gasteiger partial charge < -0.3 is 15.6 Å². The third kappa shape index (κ3) is 2.58. The zero-order chi connectivity index (χ0) is 13.8. The number of H-pyrrole nitrogens is 1. The Morgan fingerprint density at radius 2 is 2.40 bits per heavy atom. The van der Waals surface area contributed by atoms with Crippen molar-refractivity contribution in [2.75, 3.05) is 18.4 Å². The molecule has 1 aliphatic heterocycles. The van der Waals surface area contributed by atoms with Crippen LogP contribution in [0.25, 0.3) is 11.0 Å². The lowest BCUT2D eigenvalue weighted by atomic mass is 10.1. The molecule has 0 saturated carbocycles. The molecule has 2 aromatic rings. The first kappa shape index (κ1) is 12.9. The molecule has 3 rings (SSSR count). The summed E-state index contributed by atoms with van der Waals surface area (Å²) in [6.45, 7) is 2.05. The molecular formula is C14H18N6. The molecule has 2 aromatic heterocycles. The maximum absolute atomic E-state index is 8.75. The van der Waals surface area contributed by atoms with Crippen LogP contribution in [0.1, 0.15) is 24.8 Å². The van der Waals surface area contributed by atoms with E-state index >= 15 is 0 Å². The van der Waals surface area contributed by atoms with Crippen LogP contribution in [0.15, 0.2) is 12.5 Å². The van der Waals surface area contributed by atoms with Gasteiger partial charge in [0.15, 0.2) is 0 Å². The molecule has 3 heterocycles. The highest BCUT2D eigenvalue weighted by Crippen LogP contribution is 2.25. The highest BCUT2D eigenvalue weighted by molar-refractivity contribution is 5.90. The second-order valence-corrected chi connectivity index (χ2v) is 5.11. The lowest BCUT2D eigenvalue weighted by molar-refractivity contribution is 0.479. The maximum atomic E-state index is 8.75. The van der Waals surface area contributed by atoms with Gasteiger partial charge in [-0.25, -0.2) is 9.97 Å². The predicted octanol–water partition coefficient (Wildman–Crippen LogP) is 1.58. The Balaban J connectivity index is 1.88. The summed E-state index contributed by atoms with van der Waals surface area (Å²) < 4.78 is 0. The standard InChI is InChI=1S/C14H18N6/c15-5-1-3-10-7-17-13-12(10)14(19-9-18-13)20-11-4-2-6-16-8-11/h7,9,11,16H,1-4,6,8H2,(H2,17,18,19,20). The van der Waals surface area contributed by atoms with Crippen LogP contribution in [0.4, 0.5) is 5.82 Å². The summed E-state index contributed by atoms with van der Waals surface area (Å²) in [7, 11) is 0. The molecule has 20 heavy (non-hydrogen) atoms. The van der Waals surface area contributed by atoms with Crippen molar-refractivity contribution < 1.29 is 0 Å². The number of piperidine rings is 1. The molecule has 0 radical (unpaired) electrons. The highest BCUT2D eigenvalue weighted by Gasteiger charge is 2.16. The van der Waals surface area contributed by atoms with Gasteiger partial charge in [-0.2, -0.15) is 5.26 Å². The first-order valence-corrected chi connectivity index (χ1v) is 7.03. The van der Waals surface area contributed by atoms with Crippen LogP contribution in [-0.4, -0.2) is 34.1 Å². The Morgan fingerprint density at radius 1 is 1.45 bits per heavy atom. The van der Waals surface area contributed by atoms with Crippen LogP contribution >= 0.6 is 0 Å². The minimum absolute atomic E-state index is 0.403. The second-order valence-electron chi connectivity index (χ2n) is 5.11. The number of fused-ring (bicyclic) bond motifs is 1. The highest BCUT2D eigenvalue weighted by atomic mass is 15.1. The molecule has 6 heteroatoms. The van der Waals surface area contributed by atoms with Crippen molar-refractivity contribution in [3.63, 3.8) is 0 Å². The first-order valence-electron chi connectivity index (χ1n) is 7.03. The molecule has 1 aliphatic rings. The third-order valence-electron chi connectivity index (χ3n) is 3.70. The average molecular weight is 270 g/mol. The Hall–Kier alpha value is -2.13. The Kier molecular flexibility index (Phi) is 3.79. The van der Waals surface area contributed by atoms with Gasteiger partial charge in [0.05, 0.1) is 11.5 Å². The largest absolute Gasteiger partial charge is 0.365 e. The van der Waals surface area contributed by atoms with Crippen molar-refractivity contribution in [1.29, 1.82) is 5.26 Å². The van der Waals surface area contributed by atoms with Crippen LogP contribution in [0.5, 0.6) is 0 Å². The van der Waals surface area contributed by atoms with E-state index in [-0.39, 0.29) is 0 Å². The number of rotatable bonds is 4. The van der Waals surface area contributed by atoms with Crippen molar-refractivity contribution >= 4 is 16.9 Å². The molecule has 1 saturated heterocycles. The van der Waals surface area contributed by atoms with Crippen LogP contribution in [0, 0.1) is 11.3 Å². The topological polar surface area (TPSA) is 89.4 Å². The first-order chi connectivity index (χ1) is 9.88. The maximum Gasteiger partial charge on any atom is 0.143 e. The van der Waals surface area contributed by atoms with Crippen molar-refractivity contribution in [3.05, 3.63) is 18.1 Å². The summed E-state index contributed by atoms with van der Waals surface area (Å²) in [5.74, 6) is 0.873. The molecule has 1 atom stereocenters. The predicted molar refractivity (Wildman–Crippen MR) is 77.3 cm³/mol. The fraction of sp³-hybridized carbons (Fsp3) is 0.500. The van der Waals surface area contributed by atoms with E-state index < -0.39 is 0 Å². The molecular weight excluding hydrogens is 252 g/mol. The fourth-order valence-corrected chi connectivity index (χ4v) is 2.69. The number of aromatic nitrogens is 3. The molecule has 1 unspecified atom stereocenters. The van der Waals surface area contributed by atoms with E-state index in [2.05, 4.69) is 31.7 Å². The smallest absolute Gasteiger partial charge is 0.143 e. The summed E-state index contributed by atoms with van der Waals surface area (Å²) in [6, 6.07) is 2.59. The minimum Gasteiger partial charge on any atom is -0.365 e. The number of hydrogen-bond acceptors (Lipinski definition) is 5. The van der Waals surface area contributed by atoms with Gasteiger partial charge in [0.2, 0.25) is 0 Å². The van der Waals surface area contributed by atoms with Gasteiger partial charge in [0.25, 0.3) is 0 Å². The van der Waals surface area contributed by atoms with Crippen LogP contribution in [0.2, 0.25) is 0 Å². The van der Waals surface area contributed by atoms with Gasteiger partial charge in [0, 0.05) is 25.2 Å². The average Bonchev–Trinajstić information content (AvgIpc) is 2.90. The van der Waals surface area contributed by atoms with Gasteiger partial charge in [-0.15, -0.1) is 0 Å². The van der Waals surface area contributed by atoms with Crippen molar-refractivity contribution in [3.8, 4) is 6.07 Å². The summed E-state index contributed by atoms with van der Waals surface area (Å²) in [6.07, 6.45) is 7.07. The summed E-state index contributed by atoms with van der Waals surface area (Å²) >= 11 is 0. The Labute approximate surface area is 117 Å². The number of nitriles is 1. The Morgan fingerprint density at radius 3 is 3.20 bits per heavy atom. The van der Waals surface area contributed by atoms with Crippen molar-refractivity contribution in [1.82, 2.24) is 20.3 Å². The van der Waals surface area contributed by atoms with Gasteiger partial charge >= 0.3 is 0 Å². The fourth-order valence-electron chi connectivity index (χ4n) is 2.69. The Bertz CT molecular complexity index is 620. The van der Waals surface area contributed by atoms with E-state index in [0.29, 0.717) is 12.5 Å². The van der Waals surface area contributed by atoms with E-state index in [1.165, 1.54) is 6.42 Å². The van der Waals surface area contributed by atoms with Gasteiger partial charge in [-0.3, -0.25) is 0 Å². The number of aromatic amines is 1. The van der Waals surface area contributed by atoms with Gasteiger partial charge in [-0.05, 0) is 31.4 Å².